The number of ether oxygens (including phenoxy) is 2. The molecule has 174 valence electrons. The number of halogens is 3. The zero-order valence-corrected chi connectivity index (χ0v) is 18.7. The Morgan fingerprint density at radius 2 is 1.91 bits per heavy atom. The van der Waals surface area contributed by atoms with Crippen LogP contribution in [0.15, 0.2) is 59.6 Å². The number of amides is 1. The van der Waals surface area contributed by atoms with Crippen molar-refractivity contribution in [2.45, 2.75) is 24.2 Å². The van der Waals surface area contributed by atoms with Crippen LogP contribution in [0.5, 0.6) is 11.5 Å². The van der Waals surface area contributed by atoms with Crippen LogP contribution >= 0.6 is 11.8 Å². The summed E-state index contributed by atoms with van der Waals surface area (Å²) >= 11 is 0.780. The lowest BCUT2D eigenvalue weighted by Gasteiger charge is -2.16. The first-order valence-electron chi connectivity index (χ1n) is 10.2. The summed E-state index contributed by atoms with van der Waals surface area (Å²) in [6.07, 6.45) is -4.78. The highest BCUT2D eigenvalue weighted by Gasteiger charge is 2.36. The van der Waals surface area contributed by atoms with Crippen molar-refractivity contribution in [3.63, 3.8) is 0 Å². The largest absolute Gasteiger partial charge is 0.454 e. The fourth-order valence-electron chi connectivity index (χ4n) is 3.40. The van der Waals surface area contributed by atoms with E-state index in [0.717, 1.165) is 23.4 Å². The average Bonchev–Trinajstić information content (AvgIpc) is 3.30. The van der Waals surface area contributed by atoms with E-state index in [1.165, 1.54) is 6.07 Å². The predicted molar refractivity (Wildman–Crippen MR) is 119 cm³/mol. The molecular weight excluding hydrogens is 467 g/mol. The number of pyridine rings is 1. The molecule has 0 radical (unpaired) electrons. The standard InChI is InChI=1S/C24H18F3N3O3S/c1-14(15-5-3-2-4-6-15)29-22(31)12-34-23-17(11-28)18(24(25,26)27)10-19(30-23)16-7-8-20-21(9-16)33-13-32-20/h2-10,14H,12-13H2,1H3,(H,29,31). The first kappa shape index (κ1) is 23.4. The molecule has 1 aliphatic heterocycles. The van der Waals surface area contributed by atoms with Crippen molar-refractivity contribution in [3.05, 3.63) is 71.3 Å². The van der Waals surface area contributed by atoms with Crippen LogP contribution in [0.1, 0.15) is 29.7 Å². The molecule has 0 fully saturated rings. The van der Waals surface area contributed by atoms with Gasteiger partial charge in [0.2, 0.25) is 12.7 Å². The first-order valence-corrected chi connectivity index (χ1v) is 11.1. The van der Waals surface area contributed by atoms with Gasteiger partial charge >= 0.3 is 6.18 Å². The number of fused-ring (bicyclic) bond motifs is 1. The Bertz CT molecular complexity index is 1260. The van der Waals surface area contributed by atoms with Crippen molar-refractivity contribution < 1.29 is 27.4 Å². The summed E-state index contributed by atoms with van der Waals surface area (Å²) < 4.78 is 51.9. The quantitative estimate of drug-likeness (QED) is 0.475. The van der Waals surface area contributed by atoms with E-state index in [1.54, 1.807) is 25.1 Å². The summed E-state index contributed by atoms with van der Waals surface area (Å²) in [6, 6.07) is 16.1. The zero-order chi connectivity index (χ0) is 24.3. The molecule has 0 saturated heterocycles. The van der Waals surface area contributed by atoms with Gasteiger partial charge in [-0.3, -0.25) is 4.79 Å². The number of aromatic nitrogens is 1. The van der Waals surface area contributed by atoms with Crippen LogP contribution < -0.4 is 14.8 Å². The Hall–Kier alpha value is -3.71. The molecule has 6 nitrogen and oxygen atoms in total. The highest BCUT2D eigenvalue weighted by atomic mass is 32.2. The maximum Gasteiger partial charge on any atom is 0.417 e. The van der Waals surface area contributed by atoms with Gasteiger partial charge in [-0.05, 0) is 36.8 Å². The van der Waals surface area contributed by atoms with Gasteiger partial charge in [0.25, 0.3) is 0 Å². The van der Waals surface area contributed by atoms with Crippen molar-refractivity contribution in [2.24, 2.45) is 0 Å². The van der Waals surface area contributed by atoms with Crippen LogP contribution in [-0.4, -0.2) is 23.4 Å². The van der Waals surface area contributed by atoms with Crippen molar-refractivity contribution in [1.29, 1.82) is 5.26 Å². The van der Waals surface area contributed by atoms with Crippen LogP contribution in [0.3, 0.4) is 0 Å². The van der Waals surface area contributed by atoms with E-state index in [4.69, 9.17) is 9.47 Å². The number of hydrogen-bond acceptors (Lipinski definition) is 6. The van der Waals surface area contributed by atoms with Gasteiger partial charge in [0, 0.05) is 5.56 Å². The Morgan fingerprint density at radius 3 is 2.62 bits per heavy atom. The number of hydrogen-bond donors (Lipinski definition) is 1. The predicted octanol–water partition coefficient (Wildman–Crippen LogP) is 5.34. The van der Waals surface area contributed by atoms with E-state index in [-0.39, 0.29) is 29.3 Å². The zero-order valence-electron chi connectivity index (χ0n) is 17.8. The minimum absolute atomic E-state index is 0.00480. The molecule has 4 rings (SSSR count). The number of nitriles is 1. The van der Waals surface area contributed by atoms with Crippen molar-refractivity contribution in [1.82, 2.24) is 10.3 Å². The van der Waals surface area contributed by atoms with Crippen LogP contribution in [0.2, 0.25) is 0 Å². The number of alkyl halides is 3. The van der Waals surface area contributed by atoms with Gasteiger partial charge in [0.05, 0.1) is 28.6 Å². The van der Waals surface area contributed by atoms with Crippen LogP contribution in [0, 0.1) is 11.3 Å². The summed E-state index contributed by atoms with van der Waals surface area (Å²) in [5, 5.41) is 12.1. The number of thioether (sulfide) groups is 1. The molecule has 1 amide bonds. The maximum atomic E-state index is 13.8. The molecule has 1 N–H and O–H groups in total. The Labute approximate surface area is 197 Å². The number of nitrogens with zero attached hydrogens (tertiary/aromatic N) is 2. The lowest BCUT2D eigenvalue weighted by atomic mass is 10.0. The van der Waals surface area contributed by atoms with Crippen LogP contribution in [0.25, 0.3) is 11.3 Å². The fourth-order valence-corrected chi connectivity index (χ4v) is 4.22. The summed E-state index contributed by atoms with van der Waals surface area (Å²) in [5.41, 5.74) is -0.474. The van der Waals surface area contributed by atoms with Gasteiger partial charge in [-0.15, -0.1) is 0 Å². The van der Waals surface area contributed by atoms with Gasteiger partial charge in [0.1, 0.15) is 11.1 Å². The SMILES string of the molecule is CC(NC(=O)CSc1nc(-c2ccc3c(c2)OCO3)cc(C(F)(F)F)c1C#N)c1ccccc1. The van der Waals surface area contributed by atoms with Crippen molar-refractivity contribution in [3.8, 4) is 28.8 Å². The number of nitrogens with one attached hydrogen (secondary N) is 1. The Kier molecular flexibility index (Phi) is 6.65. The Balaban J connectivity index is 1.61. The topological polar surface area (TPSA) is 84.2 Å². The van der Waals surface area contributed by atoms with Gasteiger partial charge < -0.3 is 14.8 Å². The number of rotatable bonds is 6. The third-order valence-corrected chi connectivity index (χ3v) is 6.06. The van der Waals surface area contributed by atoms with Gasteiger partial charge in [-0.2, -0.15) is 18.4 Å². The Morgan fingerprint density at radius 1 is 1.18 bits per heavy atom. The number of benzene rings is 2. The van der Waals surface area contributed by atoms with Gasteiger partial charge in [0.15, 0.2) is 11.5 Å². The molecule has 34 heavy (non-hydrogen) atoms. The highest BCUT2D eigenvalue weighted by molar-refractivity contribution is 8.00. The van der Waals surface area contributed by atoms with E-state index in [2.05, 4.69) is 10.3 Å². The smallest absolute Gasteiger partial charge is 0.417 e. The molecular formula is C24H18F3N3O3S. The molecule has 1 aromatic heterocycles. The molecule has 0 bridgehead atoms. The van der Waals surface area contributed by atoms with Crippen molar-refractivity contribution >= 4 is 17.7 Å². The summed E-state index contributed by atoms with van der Waals surface area (Å²) in [4.78, 5) is 16.8. The molecule has 1 atom stereocenters. The second kappa shape index (κ2) is 9.65. The number of carbonyl (C=O) groups is 1. The summed E-state index contributed by atoms with van der Waals surface area (Å²) in [6.45, 7) is 1.82. The van der Waals surface area contributed by atoms with Crippen LogP contribution in [0.4, 0.5) is 13.2 Å². The summed E-state index contributed by atoms with van der Waals surface area (Å²) in [5.74, 6) is 0.267. The number of carbonyl (C=O) groups excluding carboxylic acids is 1. The minimum Gasteiger partial charge on any atom is -0.454 e. The van der Waals surface area contributed by atoms with E-state index in [0.29, 0.717) is 17.1 Å². The van der Waals surface area contributed by atoms with E-state index < -0.39 is 23.2 Å². The average molecular weight is 485 g/mol. The fraction of sp³-hybridized carbons (Fsp3) is 0.208. The second-order valence-corrected chi connectivity index (χ2v) is 8.37. The normalized spacial score (nSPS) is 13.3. The molecule has 0 spiro atoms. The molecule has 10 heteroatoms. The minimum atomic E-state index is -4.78. The monoisotopic (exact) mass is 485 g/mol. The third-order valence-electron chi connectivity index (χ3n) is 5.09. The lowest BCUT2D eigenvalue weighted by Crippen LogP contribution is -2.28. The van der Waals surface area contributed by atoms with E-state index >= 15 is 0 Å². The van der Waals surface area contributed by atoms with Crippen molar-refractivity contribution in [2.75, 3.05) is 12.5 Å². The van der Waals surface area contributed by atoms with Gasteiger partial charge in [-0.1, -0.05) is 42.1 Å². The van der Waals surface area contributed by atoms with Crippen LogP contribution in [-0.2, 0) is 11.0 Å². The third kappa shape index (κ3) is 5.10. The van der Waals surface area contributed by atoms with E-state index in [9.17, 15) is 23.2 Å². The lowest BCUT2D eigenvalue weighted by molar-refractivity contribution is -0.138. The maximum absolute atomic E-state index is 13.8. The molecule has 1 unspecified atom stereocenters. The van der Waals surface area contributed by atoms with Gasteiger partial charge in [-0.25, -0.2) is 4.98 Å². The molecule has 2 aromatic carbocycles. The molecule has 0 saturated carbocycles. The second-order valence-electron chi connectivity index (χ2n) is 7.40. The molecule has 1 aliphatic rings. The summed E-state index contributed by atoms with van der Waals surface area (Å²) in [7, 11) is 0. The highest BCUT2D eigenvalue weighted by Crippen LogP contribution is 2.40. The molecule has 0 aliphatic carbocycles. The molecule has 2 heterocycles. The first-order chi connectivity index (χ1) is 16.3. The molecule has 3 aromatic rings. The van der Waals surface area contributed by atoms with E-state index in [1.807, 2.05) is 30.3 Å².